The van der Waals surface area contributed by atoms with Crippen LogP contribution >= 0.6 is 0 Å². The second-order valence-corrected chi connectivity index (χ2v) is 6.62. The van der Waals surface area contributed by atoms with Gasteiger partial charge in [0.2, 0.25) is 0 Å². The van der Waals surface area contributed by atoms with Crippen LogP contribution in [-0.2, 0) is 19.6 Å². The molecule has 0 aliphatic carbocycles. The molecule has 0 N–H and O–H groups in total. The van der Waals surface area contributed by atoms with E-state index in [2.05, 4.69) is 20.8 Å². The van der Waals surface area contributed by atoms with Crippen molar-refractivity contribution in [2.24, 2.45) is 0 Å². The predicted molar refractivity (Wildman–Crippen MR) is 81.2 cm³/mol. The maximum absolute atomic E-state index is 5.59. The maximum atomic E-state index is 5.59. The molecule has 0 amide bonds. The van der Waals surface area contributed by atoms with Gasteiger partial charge in [0.05, 0.1) is 11.2 Å². The van der Waals surface area contributed by atoms with Crippen LogP contribution in [0, 0.1) is 0 Å². The molecule has 0 aromatic carbocycles. The van der Waals surface area contributed by atoms with Crippen molar-refractivity contribution in [2.75, 3.05) is 0 Å². The van der Waals surface area contributed by atoms with Crippen molar-refractivity contribution in [3.8, 4) is 0 Å². The predicted octanol–water partition coefficient (Wildman–Crippen LogP) is 4.82. The molecule has 0 aromatic heterocycles. The van der Waals surface area contributed by atoms with Crippen LogP contribution in [0.25, 0.3) is 0 Å². The first-order chi connectivity index (χ1) is 9.17. The fourth-order valence-electron chi connectivity index (χ4n) is 1.22. The molecule has 2 atom stereocenters. The fraction of sp³-hybridized carbons (Fsp3) is 1.00. The van der Waals surface area contributed by atoms with E-state index in [9.17, 15) is 0 Å². The van der Waals surface area contributed by atoms with Crippen molar-refractivity contribution >= 4 is 0 Å². The Morgan fingerprint density at radius 3 is 1.65 bits per heavy atom. The lowest BCUT2D eigenvalue weighted by atomic mass is 10.1. The van der Waals surface area contributed by atoms with Crippen LogP contribution in [-0.4, -0.2) is 23.4 Å². The highest BCUT2D eigenvalue weighted by Crippen LogP contribution is 2.21. The zero-order chi connectivity index (χ0) is 15.8. The Morgan fingerprint density at radius 1 is 0.800 bits per heavy atom. The summed E-state index contributed by atoms with van der Waals surface area (Å²) in [5, 5.41) is 0. The Hall–Kier alpha value is -0.160. The van der Waals surface area contributed by atoms with Crippen LogP contribution < -0.4 is 0 Å². The Balaban J connectivity index is 4.36. The Morgan fingerprint density at radius 2 is 1.25 bits per heavy atom. The van der Waals surface area contributed by atoms with Gasteiger partial charge in [-0.05, 0) is 53.9 Å². The van der Waals surface area contributed by atoms with Crippen molar-refractivity contribution in [3.05, 3.63) is 0 Å². The molecular weight excluding hydrogens is 256 g/mol. The molecule has 4 nitrogen and oxygen atoms in total. The second-order valence-electron chi connectivity index (χ2n) is 6.62. The molecule has 0 radical (unpaired) electrons. The topological polar surface area (TPSA) is 36.9 Å². The Kier molecular flexibility index (Phi) is 8.91. The zero-order valence-electron chi connectivity index (χ0n) is 14.6. The smallest absolute Gasteiger partial charge is 0.122 e. The molecule has 0 rings (SSSR count). The standard InChI is InChI=1S/C16H34O4/c1-9-12-14(18-20-16(7,8)11-3)13(4)17-19-15(5,6)10-2/h13-14H,9-12H2,1-8H3. The lowest BCUT2D eigenvalue weighted by Gasteiger charge is -2.30. The van der Waals surface area contributed by atoms with Crippen LogP contribution in [0.1, 0.15) is 81.1 Å². The summed E-state index contributed by atoms with van der Waals surface area (Å²) in [4.78, 5) is 22.1. The summed E-state index contributed by atoms with van der Waals surface area (Å²) >= 11 is 0. The van der Waals surface area contributed by atoms with Crippen LogP contribution in [0.4, 0.5) is 0 Å². The fourth-order valence-corrected chi connectivity index (χ4v) is 1.22. The van der Waals surface area contributed by atoms with E-state index in [0.717, 1.165) is 25.7 Å². The first kappa shape index (κ1) is 19.8. The van der Waals surface area contributed by atoms with Gasteiger partial charge in [0.25, 0.3) is 0 Å². The van der Waals surface area contributed by atoms with E-state index in [-0.39, 0.29) is 23.4 Å². The van der Waals surface area contributed by atoms with Crippen molar-refractivity contribution in [3.63, 3.8) is 0 Å². The highest BCUT2D eigenvalue weighted by atomic mass is 17.2. The van der Waals surface area contributed by atoms with Gasteiger partial charge in [-0.1, -0.05) is 27.2 Å². The summed E-state index contributed by atoms with van der Waals surface area (Å²) in [6.45, 7) is 16.2. The molecule has 0 aromatic rings. The average molecular weight is 290 g/mol. The summed E-state index contributed by atoms with van der Waals surface area (Å²) in [5.74, 6) is 0. The molecule has 0 bridgehead atoms. The molecule has 0 aliphatic rings. The van der Waals surface area contributed by atoms with E-state index >= 15 is 0 Å². The van der Waals surface area contributed by atoms with E-state index in [0.29, 0.717) is 0 Å². The third-order valence-electron chi connectivity index (χ3n) is 3.62. The molecule has 0 saturated carbocycles. The van der Waals surface area contributed by atoms with Gasteiger partial charge >= 0.3 is 0 Å². The molecule has 0 spiro atoms. The molecule has 0 fully saturated rings. The average Bonchev–Trinajstić information content (AvgIpc) is 2.41. The third-order valence-corrected chi connectivity index (χ3v) is 3.62. The van der Waals surface area contributed by atoms with Gasteiger partial charge in [0.15, 0.2) is 0 Å². The SMILES string of the molecule is CCCC(OOC(C)(C)CC)C(C)OOC(C)(C)CC. The van der Waals surface area contributed by atoms with Crippen LogP contribution in [0.15, 0.2) is 0 Å². The first-order valence-electron chi connectivity index (χ1n) is 7.86. The molecule has 20 heavy (non-hydrogen) atoms. The van der Waals surface area contributed by atoms with Crippen LogP contribution in [0.2, 0.25) is 0 Å². The molecular formula is C16H34O4. The van der Waals surface area contributed by atoms with Crippen molar-refractivity contribution < 1.29 is 19.6 Å². The van der Waals surface area contributed by atoms with E-state index in [4.69, 9.17) is 19.6 Å². The lowest BCUT2D eigenvalue weighted by molar-refractivity contribution is -0.432. The number of rotatable bonds is 11. The lowest BCUT2D eigenvalue weighted by Crippen LogP contribution is -2.36. The largest absolute Gasteiger partial charge is 0.230 e. The molecule has 4 heteroatoms. The zero-order valence-corrected chi connectivity index (χ0v) is 14.6. The van der Waals surface area contributed by atoms with Gasteiger partial charge in [-0.2, -0.15) is 0 Å². The Bertz CT molecular complexity index is 251. The maximum Gasteiger partial charge on any atom is 0.122 e. The summed E-state index contributed by atoms with van der Waals surface area (Å²) in [6.07, 6.45) is 3.35. The number of hydrogen-bond donors (Lipinski definition) is 0. The minimum absolute atomic E-state index is 0.126. The quantitative estimate of drug-likeness (QED) is 0.404. The molecule has 0 aliphatic heterocycles. The van der Waals surface area contributed by atoms with Crippen molar-refractivity contribution in [1.82, 2.24) is 0 Å². The van der Waals surface area contributed by atoms with E-state index in [1.807, 2.05) is 34.6 Å². The first-order valence-corrected chi connectivity index (χ1v) is 7.86. The van der Waals surface area contributed by atoms with Gasteiger partial charge in [-0.3, -0.25) is 0 Å². The molecule has 122 valence electrons. The third kappa shape index (κ3) is 8.20. The molecule has 2 unspecified atom stereocenters. The monoisotopic (exact) mass is 290 g/mol. The summed E-state index contributed by atoms with van der Waals surface area (Å²) in [6, 6.07) is 0. The van der Waals surface area contributed by atoms with Gasteiger partial charge < -0.3 is 0 Å². The van der Waals surface area contributed by atoms with Crippen molar-refractivity contribution in [2.45, 2.75) is 104 Å². The van der Waals surface area contributed by atoms with Crippen molar-refractivity contribution in [1.29, 1.82) is 0 Å². The summed E-state index contributed by atoms with van der Waals surface area (Å²) < 4.78 is 0. The molecule has 0 heterocycles. The normalized spacial score (nSPS) is 16.2. The Labute approximate surface area is 125 Å². The van der Waals surface area contributed by atoms with E-state index in [1.54, 1.807) is 0 Å². The van der Waals surface area contributed by atoms with E-state index < -0.39 is 0 Å². The van der Waals surface area contributed by atoms with E-state index in [1.165, 1.54) is 0 Å². The highest BCUT2D eigenvalue weighted by molar-refractivity contribution is 4.67. The molecule has 0 saturated heterocycles. The van der Waals surface area contributed by atoms with Gasteiger partial charge in [0.1, 0.15) is 12.2 Å². The minimum Gasteiger partial charge on any atom is -0.230 e. The van der Waals surface area contributed by atoms with Crippen LogP contribution in [0.5, 0.6) is 0 Å². The van der Waals surface area contributed by atoms with Crippen LogP contribution in [0.3, 0.4) is 0 Å². The van der Waals surface area contributed by atoms with Gasteiger partial charge in [-0.15, -0.1) is 0 Å². The highest BCUT2D eigenvalue weighted by Gasteiger charge is 2.27. The summed E-state index contributed by atoms with van der Waals surface area (Å²) in [5.41, 5.74) is -0.566. The van der Waals surface area contributed by atoms with Gasteiger partial charge in [0, 0.05) is 0 Å². The second kappa shape index (κ2) is 8.98. The number of hydrogen-bond acceptors (Lipinski definition) is 4. The van der Waals surface area contributed by atoms with Gasteiger partial charge in [-0.25, -0.2) is 19.6 Å². The minimum atomic E-state index is -0.283. The summed E-state index contributed by atoms with van der Waals surface area (Å²) in [7, 11) is 0.